The molecule has 0 aromatic carbocycles. The first-order chi connectivity index (χ1) is 17.0. The van der Waals surface area contributed by atoms with Gasteiger partial charge in [-0.05, 0) is 63.6 Å². The van der Waals surface area contributed by atoms with Crippen LogP contribution in [0.2, 0.25) is 18.1 Å². The number of halogens is 2. The van der Waals surface area contributed by atoms with Gasteiger partial charge < -0.3 is 9.16 Å². The molecular formula is C29H52F2O5Si. The second-order valence-electron chi connectivity index (χ2n) is 12.6. The third kappa shape index (κ3) is 11.2. The van der Waals surface area contributed by atoms with Crippen LogP contribution in [0.1, 0.15) is 119 Å². The molecule has 0 N–H and O–H groups in total. The molecule has 1 rings (SSSR count). The van der Waals surface area contributed by atoms with Crippen LogP contribution in [-0.4, -0.2) is 44.0 Å². The third-order valence-electron chi connectivity index (χ3n) is 8.03. The van der Waals surface area contributed by atoms with Crippen molar-refractivity contribution in [3.8, 4) is 0 Å². The maximum Gasteiger partial charge on any atom is 0.306 e. The highest BCUT2D eigenvalue weighted by atomic mass is 28.4. The number of ketones is 2. The summed E-state index contributed by atoms with van der Waals surface area (Å²) in [6.07, 6.45) is 4.78. The first-order valence-corrected chi connectivity index (χ1v) is 17.2. The second-order valence-corrected chi connectivity index (χ2v) is 17.4. The molecule has 0 heterocycles. The zero-order chi connectivity index (χ0) is 28.4. The summed E-state index contributed by atoms with van der Waals surface area (Å²) in [5.74, 6) is -4.86. The molecule has 1 aliphatic rings. The quantitative estimate of drug-likeness (QED) is 0.105. The lowest BCUT2D eigenvalue weighted by Crippen LogP contribution is -2.45. The SMILES string of the molecule is CCCCC(F)(F)C(=O)CC[C@H]1[C@H](O[Si](C)(C)C(C)(C)C)CC(=O)[C@@H]1CCCCCCC(=O)OC(C)C. The van der Waals surface area contributed by atoms with Crippen LogP contribution in [0.15, 0.2) is 0 Å². The first kappa shape index (κ1) is 33.9. The van der Waals surface area contributed by atoms with E-state index >= 15 is 0 Å². The van der Waals surface area contributed by atoms with Crippen LogP contribution in [0.25, 0.3) is 0 Å². The van der Waals surface area contributed by atoms with Gasteiger partial charge in [0, 0.05) is 31.6 Å². The van der Waals surface area contributed by atoms with Crippen LogP contribution < -0.4 is 0 Å². The molecule has 0 radical (unpaired) electrons. The van der Waals surface area contributed by atoms with Crippen molar-refractivity contribution in [1.82, 2.24) is 0 Å². The summed E-state index contributed by atoms with van der Waals surface area (Å²) >= 11 is 0. The van der Waals surface area contributed by atoms with Gasteiger partial charge in [0.2, 0.25) is 5.78 Å². The van der Waals surface area contributed by atoms with E-state index < -0.39 is 26.4 Å². The first-order valence-electron chi connectivity index (χ1n) is 14.3. The Labute approximate surface area is 224 Å². The molecule has 216 valence electrons. The molecule has 5 nitrogen and oxygen atoms in total. The molecule has 8 heteroatoms. The number of hydrogen-bond acceptors (Lipinski definition) is 5. The van der Waals surface area contributed by atoms with Gasteiger partial charge in [0.1, 0.15) is 5.78 Å². The van der Waals surface area contributed by atoms with E-state index in [-0.39, 0.29) is 53.7 Å². The Morgan fingerprint density at radius 1 is 1.00 bits per heavy atom. The molecule has 0 aromatic heterocycles. The van der Waals surface area contributed by atoms with Crippen LogP contribution in [-0.2, 0) is 23.5 Å². The maximum atomic E-state index is 14.4. The number of rotatable bonds is 17. The number of esters is 1. The largest absolute Gasteiger partial charge is 0.463 e. The van der Waals surface area contributed by atoms with E-state index in [9.17, 15) is 23.2 Å². The molecule has 0 unspecified atom stereocenters. The predicted molar refractivity (Wildman–Crippen MR) is 146 cm³/mol. The van der Waals surface area contributed by atoms with E-state index in [1.165, 1.54) is 0 Å². The Morgan fingerprint density at radius 3 is 2.19 bits per heavy atom. The van der Waals surface area contributed by atoms with Crippen LogP contribution in [0.5, 0.6) is 0 Å². The average Bonchev–Trinajstić information content (AvgIpc) is 3.04. The number of hydrogen-bond donors (Lipinski definition) is 0. The normalized spacial score (nSPS) is 21.1. The summed E-state index contributed by atoms with van der Waals surface area (Å²) in [6.45, 7) is 16.2. The Bertz CT molecular complexity index is 745. The Morgan fingerprint density at radius 2 is 1.62 bits per heavy atom. The van der Waals surface area contributed by atoms with Crippen LogP contribution in [0, 0.1) is 11.8 Å². The highest BCUT2D eigenvalue weighted by molar-refractivity contribution is 6.74. The molecule has 0 aliphatic heterocycles. The molecule has 1 saturated carbocycles. The highest BCUT2D eigenvalue weighted by Gasteiger charge is 2.48. The number of alkyl halides is 2. The molecule has 1 fully saturated rings. The molecular weight excluding hydrogens is 494 g/mol. The van der Waals surface area contributed by atoms with Gasteiger partial charge in [-0.3, -0.25) is 14.4 Å². The molecule has 0 amide bonds. The van der Waals surface area contributed by atoms with Gasteiger partial charge in [-0.1, -0.05) is 53.4 Å². The minimum absolute atomic E-state index is 0.0432. The predicted octanol–water partition coefficient (Wildman–Crippen LogP) is 8.05. The lowest BCUT2D eigenvalue weighted by Gasteiger charge is -2.40. The minimum Gasteiger partial charge on any atom is -0.463 e. The molecule has 1 aliphatic carbocycles. The smallest absolute Gasteiger partial charge is 0.306 e. The number of ether oxygens (including phenoxy) is 1. The summed E-state index contributed by atoms with van der Waals surface area (Å²) in [4.78, 5) is 37.2. The standard InChI is InChI=1S/C29H52F2O5Si/c1-9-10-19-29(30,31)26(33)18-17-23-22(15-13-11-12-14-16-27(34)35-21(2)3)24(32)20-25(23)36-37(7,8)28(4,5)6/h21-23,25H,9-20H2,1-8H3/t22-,23-,25-/m1/s1. The summed E-state index contributed by atoms with van der Waals surface area (Å²) in [5, 5.41) is -0.0432. The number of unbranched alkanes of at least 4 members (excludes halogenated alkanes) is 4. The van der Waals surface area contributed by atoms with Gasteiger partial charge >= 0.3 is 11.9 Å². The Balaban J connectivity index is 2.81. The molecule has 0 bridgehead atoms. The summed E-state index contributed by atoms with van der Waals surface area (Å²) in [7, 11) is -2.18. The van der Waals surface area contributed by atoms with Gasteiger partial charge in [0.25, 0.3) is 0 Å². The van der Waals surface area contributed by atoms with E-state index in [1.54, 1.807) is 0 Å². The van der Waals surface area contributed by atoms with E-state index in [2.05, 4.69) is 33.9 Å². The Hall–Kier alpha value is -1.15. The number of carbonyl (C=O) groups excluding carboxylic acids is 3. The minimum atomic E-state index is -3.30. The second kappa shape index (κ2) is 14.9. The van der Waals surface area contributed by atoms with Crippen molar-refractivity contribution in [1.29, 1.82) is 0 Å². The molecule has 37 heavy (non-hydrogen) atoms. The fourth-order valence-electron chi connectivity index (χ4n) is 4.77. The van der Waals surface area contributed by atoms with Crippen molar-refractivity contribution in [2.45, 2.75) is 155 Å². The van der Waals surface area contributed by atoms with Gasteiger partial charge in [-0.2, -0.15) is 8.78 Å². The fourth-order valence-corrected chi connectivity index (χ4v) is 6.14. The van der Waals surface area contributed by atoms with Crippen molar-refractivity contribution >= 4 is 25.9 Å². The molecule has 0 saturated heterocycles. The van der Waals surface area contributed by atoms with Gasteiger partial charge in [-0.15, -0.1) is 0 Å². The monoisotopic (exact) mass is 546 g/mol. The summed E-state index contributed by atoms with van der Waals surface area (Å²) in [5.41, 5.74) is 0. The maximum absolute atomic E-state index is 14.4. The zero-order valence-electron chi connectivity index (χ0n) is 24.6. The van der Waals surface area contributed by atoms with Crippen molar-refractivity contribution in [3.05, 3.63) is 0 Å². The molecule has 0 spiro atoms. The van der Waals surface area contributed by atoms with E-state index in [0.29, 0.717) is 32.1 Å². The van der Waals surface area contributed by atoms with Gasteiger partial charge in [-0.25, -0.2) is 0 Å². The van der Waals surface area contributed by atoms with Crippen molar-refractivity contribution in [3.63, 3.8) is 0 Å². The Kier molecular flexibility index (Phi) is 13.6. The zero-order valence-corrected chi connectivity index (χ0v) is 25.6. The van der Waals surface area contributed by atoms with Crippen molar-refractivity contribution in [2.75, 3.05) is 0 Å². The van der Waals surface area contributed by atoms with E-state index in [1.807, 2.05) is 20.8 Å². The van der Waals surface area contributed by atoms with Gasteiger partial charge in [0.05, 0.1) is 12.2 Å². The lowest BCUT2D eigenvalue weighted by molar-refractivity contribution is -0.147. The van der Waals surface area contributed by atoms with Crippen molar-refractivity contribution in [2.24, 2.45) is 11.8 Å². The third-order valence-corrected chi connectivity index (χ3v) is 12.5. The van der Waals surface area contributed by atoms with E-state index in [4.69, 9.17) is 9.16 Å². The van der Waals surface area contributed by atoms with E-state index in [0.717, 1.165) is 25.7 Å². The summed E-state index contributed by atoms with van der Waals surface area (Å²) in [6, 6.07) is 0. The number of Topliss-reactive ketones (excluding diaryl/α,β-unsaturated/α-hetero) is 2. The van der Waals surface area contributed by atoms with Crippen LogP contribution in [0.4, 0.5) is 8.78 Å². The topological polar surface area (TPSA) is 69.7 Å². The van der Waals surface area contributed by atoms with Crippen molar-refractivity contribution < 1.29 is 32.3 Å². The average molecular weight is 547 g/mol. The van der Waals surface area contributed by atoms with Gasteiger partial charge in [0.15, 0.2) is 8.32 Å². The highest BCUT2D eigenvalue weighted by Crippen LogP contribution is 2.44. The fraction of sp³-hybridized carbons (Fsp3) is 0.897. The molecule has 3 atom stereocenters. The number of carbonyl (C=O) groups is 3. The van der Waals surface area contributed by atoms with Crippen LogP contribution in [0.3, 0.4) is 0 Å². The lowest BCUT2D eigenvalue weighted by atomic mass is 9.85. The van der Waals surface area contributed by atoms with Crippen LogP contribution >= 0.6 is 0 Å². The molecule has 0 aromatic rings. The summed E-state index contributed by atoms with van der Waals surface area (Å²) < 4.78 is 40.5.